The minimum absolute atomic E-state index is 0.0345. The Hall–Kier alpha value is -3.56. The number of fused-ring (bicyclic) bond motifs is 1. The van der Waals surface area contributed by atoms with Gasteiger partial charge in [-0.05, 0) is 29.8 Å². The van der Waals surface area contributed by atoms with Gasteiger partial charge in [0.2, 0.25) is 5.88 Å². The quantitative estimate of drug-likeness (QED) is 0.457. The van der Waals surface area contributed by atoms with Crippen LogP contribution in [0, 0.1) is 11.3 Å². The molecule has 0 aromatic heterocycles. The molecule has 5 nitrogen and oxygen atoms in total. The number of rotatable bonds is 3. The van der Waals surface area contributed by atoms with Crippen molar-refractivity contribution in [3.05, 3.63) is 105 Å². The van der Waals surface area contributed by atoms with E-state index in [1.807, 2.05) is 30.3 Å². The largest absolute Gasteiger partial charge is 0.440 e. The first-order chi connectivity index (χ1) is 14.1. The minimum Gasteiger partial charge on any atom is -0.440 e. The Labute approximate surface area is 176 Å². The predicted molar refractivity (Wildman–Crippen MR) is 111 cm³/mol. The SMILES string of the molecule is N#CC1=C(N)Oc2cc(OC(=O)c3ccccc3)ccc2C1c1ccccc1Br. The summed E-state index contributed by atoms with van der Waals surface area (Å²) in [6, 6.07) is 23.6. The van der Waals surface area contributed by atoms with Crippen molar-refractivity contribution in [2.75, 3.05) is 0 Å². The van der Waals surface area contributed by atoms with E-state index in [1.165, 1.54) is 0 Å². The van der Waals surface area contributed by atoms with E-state index in [9.17, 15) is 10.1 Å². The maximum Gasteiger partial charge on any atom is 0.343 e. The van der Waals surface area contributed by atoms with Crippen LogP contribution in [-0.2, 0) is 0 Å². The second-order valence-corrected chi connectivity index (χ2v) is 7.26. The van der Waals surface area contributed by atoms with Crippen LogP contribution in [-0.4, -0.2) is 5.97 Å². The van der Waals surface area contributed by atoms with Crippen LogP contribution in [0.15, 0.2) is 88.7 Å². The van der Waals surface area contributed by atoms with Crippen LogP contribution in [0.5, 0.6) is 11.5 Å². The average molecular weight is 447 g/mol. The molecule has 3 aromatic carbocycles. The molecule has 0 spiro atoms. The molecule has 2 N–H and O–H groups in total. The van der Waals surface area contributed by atoms with E-state index in [2.05, 4.69) is 22.0 Å². The second-order valence-electron chi connectivity index (χ2n) is 6.40. The number of allylic oxidation sites excluding steroid dienone is 1. The number of halogens is 1. The highest BCUT2D eigenvalue weighted by Crippen LogP contribution is 2.45. The Morgan fingerprint density at radius 1 is 1.03 bits per heavy atom. The van der Waals surface area contributed by atoms with Gasteiger partial charge in [-0.2, -0.15) is 5.26 Å². The number of nitrogens with two attached hydrogens (primary N) is 1. The fourth-order valence-electron chi connectivity index (χ4n) is 3.27. The second kappa shape index (κ2) is 7.82. The fraction of sp³-hybridized carbons (Fsp3) is 0.0435. The number of nitriles is 1. The molecule has 6 heteroatoms. The molecule has 3 aromatic rings. The third-order valence-corrected chi connectivity index (χ3v) is 5.35. The van der Waals surface area contributed by atoms with Gasteiger partial charge in [0.1, 0.15) is 23.1 Å². The van der Waals surface area contributed by atoms with Gasteiger partial charge in [0.05, 0.1) is 11.5 Å². The van der Waals surface area contributed by atoms with E-state index < -0.39 is 11.9 Å². The van der Waals surface area contributed by atoms with E-state index >= 15 is 0 Å². The molecular formula is C23H15BrN2O3. The number of hydrogen-bond acceptors (Lipinski definition) is 5. The molecule has 0 bridgehead atoms. The van der Waals surface area contributed by atoms with Crippen LogP contribution in [0.1, 0.15) is 27.4 Å². The highest BCUT2D eigenvalue weighted by molar-refractivity contribution is 9.10. The maximum absolute atomic E-state index is 12.3. The van der Waals surface area contributed by atoms with Gasteiger partial charge in [0.15, 0.2) is 0 Å². The molecule has 1 atom stereocenters. The van der Waals surface area contributed by atoms with E-state index in [0.29, 0.717) is 22.6 Å². The zero-order valence-electron chi connectivity index (χ0n) is 15.1. The standard InChI is InChI=1S/C23H15BrN2O3/c24-19-9-5-4-8-16(19)21-17-11-10-15(12-20(17)29-22(26)18(21)13-25)28-23(27)14-6-2-1-3-7-14/h1-12,21H,26H2. The van der Waals surface area contributed by atoms with Crippen LogP contribution in [0.4, 0.5) is 0 Å². The van der Waals surface area contributed by atoms with Crippen molar-refractivity contribution in [2.24, 2.45) is 5.73 Å². The molecule has 4 rings (SSSR count). The summed E-state index contributed by atoms with van der Waals surface area (Å²) in [6.45, 7) is 0. The van der Waals surface area contributed by atoms with Gasteiger partial charge in [-0.3, -0.25) is 0 Å². The molecule has 0 aliphatic carbocycles. The molecule has 0 amide bonds. The molecule has 0 radical (unpaired) electrons. The van der Waals surface area contributed by atoms with Crippen LogP contribution in [0.3, 0.4) is 0 Å². The van der Waals surface area contributed by atoms with Crippen molar-refractivity contribution < 1.29 is 14.3 Å². The molecule has 0 saturated heterocycles. The third kappa shape index (κ3) is 3.60. The molecule has 1 aliphatic rings. The van der Waals surface area contributed by atoms with E-state index in [1.54, 1.807) is 42.5 Å². The maximum atomic E-state index is 12.3. The average Bonchev–Trinajstić information content (AvgIpc) is 2.74. The van der Waals surface area contributed by atoms with E-state index in [0.717, 1.165) is 15.6 Å². The van der Waals surface area contributed by atoms with Crippen molar-refractivity contribution in [1.29, 1.82) is 5.26 Å². The minimum atomic E-state index is -0.468. The van der Waals surface area contributed by atoms with E-state index in [-0.39, 0.29) is 5.88 Å². The summed E-state index contributed by atoms with van der Waals surface area (Å²) >= 11 is 3.55. The number of hydrogen-bond donors (Lipinski definition) is 1. The first kappa shape index (κ1) is 18.8. The van der Waals surface area contributed by atoms with Gasteiger partial charge in [0.25, 0.3) is 0 Å². The highest BCUT2D eigenvalue weighted by atomic mass is 79.9. The Balaban J connectivity index is 1.73. The first-order valence-electron chi connectivity index (χ1n) is 8.81. The lowest BCUT2D eigenvalue weighted by molar-refractivity contribution is 0.0734. The molecule has 1 aliphatic heterocycles. The normalized spacial score (nSPS) is 15.1. The first-order valence-corrected chi connectivity index (χ1v) is 9.61. The smallest absolute Gasteiger partial charge is 0.343 e. The molecule has 0 fully saturated rings. The number of esters is 1. The predicted octanol–water partition coefficient (Wildman–Crippen LogP) is 4.89. The number of benzene rings is 3. The van der Waals surface area contributed by atoms with Crippen LogP contribution < -0.4 is 15.2 Å². The van der Waals surface area contributed by atoms with Gasteiger partial charge in [-0.25, -0.2) is 4.79 Å². The third-order valence-electron chi connectivity index (χ3n) is 4.63. The lowest BCUT2D eigenvalue weighted by Gasteiger charge is -2.27. The molecular weight excluding hydrogens is 432 g/mol. The highest BCUT2D eigenvalue weighted by Gasteiger charge is 2.32. The van der Waals surface area contributed by atoms with E-state index in [4.69, 9.17) is 15.2 Å². The van der Waals surface area contributed by atoms with Gasteiger partial charge >= 0.3 is 5.97 Å². The van der Waals surface area contributed by atoms with Crippen molar-refractivity contribution in [3.63, 3.8) is 0 Å². The van der Waals surface area contributed by atoms with Crippen LogP contribution in [0.25, 0.3) is 0 Å². The summed E-state index contributed by atoms with van der Waals surface area (Å²) in [7, 11) is 0. The lowest BCUT2D eigenvalue weighted by atomic mass is 9.83. The summed E-state index contributed by atoms with van der Waals surface area (Å²) in [5, 5.41) is 9.66. The Bertz CT molecular complexity index is 1170. The number of carbonyl (C=O) groups excluding carboxylic acids is 1. The fourth-order valence-corrected chi connectivity index (χ4v) is 3.78. The zero-order valence-corrected chi connectivity index (χ0v) is 16.7. The number of ether oxygens (including phenoxy) is 2. The Morgan fingerprint density at radius 3 is 2.48 bits per heavy atom. The molecule has 0 saturated carbocycles. The van der Waals surface area contributed by atoms with Crippen molar-refractivity contribution in [3.8, 4) is 17.6 Å². The lowest BCUT2D eigenvalue weighted by Crippen LogP contribution is -2.21. The summed E-state index contributed by atoms with van der Waals surface area (Å²) < 4.78 is 12.0. The summed E-state index contributed by atoms with van der Waals surface area (Å²) in [5.74, 6) is -0.0484. The number of carbonyl (C=O) groups is 1. The summed E-state index contributed by atoms with van der Waals surface area (Å²) in [6.07, 6.45) is 0. The van der Waals surface area contributed by atoms with Gasteiger partial charge in [-0.1, -0.05) is 58.4 Å². The van der Waals surface area contributed by atoms with Crippen molar-refractivity contribution in [2.45, 2.75) is 5.92 Å². The van der Waals surface area contributed by atoms with Gasteiger partial charge < -0.3 is 15.2 Å². The van der Waals surface area contributed by atoms with Crippen molar-refractivity contribution in [1.82, 2.24) is 0 Å². The molecule has 1 heterocycles. The van der Waals surface area contributed by atoms with Gasteiger partial charge in [0, 0.05) is 16.1 Å². The van der Waals surface area contributed by atoms with Crippen molar-refractivity contribution >= 4 is 21.9 Å². The topological polar surface area (TPSA) is 85.3 Å². The molecule has 1 unspecified atom stereocenters. The molecule has 142 valence electrons. The summed E-state index contributed by atoms with van der Waals surface area (Å²) in [5.41, 5.74) is 8.48. The van der Waals surface area contributed by atoms with Crippen LogP contribution in [0.2, 0.25) is 0 Å². The molecule has 29 heavy (non-hydrogen) atoms. The zero-order chi connectivity index (χ0) is 20.4. The number of nitrogens with zero attached hydrogens (tertiary/aromatic N) is 1. The monoisotopic (exact) mass is 446 g/mol. The Morgan fingerprint density at radius 2 is 1.76 bits per heavy atom. The summed E-state index contributed by atoms with van der Waals surface area (Å²) in [4.78, 5) is 12.3. The van der Waals surface area contributed by atoms with Gasteiger partial charge in [-0.15, -0.1) is 0 Å². The Kier molecular flexibility index (Phi) is 5.07. The van der Waals surface area contributed by atoms with Crippen LogP contribution >= 0.6 is 15.9 Å².